The number of hydrazine groups is 1. The van der Waals surface area contributed by atoms with Gasteiger partial charge < -0.3 is 10.7 Å². The van der Waals surface area contributed by atoms with Crippen molar-refractivity contribution in [3.8, 4) is 6.07 Å². The SMILES string of the molecule is N#Cc1ccc2c(C(N)=O)c(N(N)C=O)[nH]c2c1. The van der Waals surface area contributed by atoms with Crippen LogP contribution in [0.25, 0.3) is 10.9 Å². The second-order valence-corrected chi connectivity index (χ2v) is 3.60. The van der Waals surface area contributed by atoms with Crippen LogP contribution < -0.4 is 16.6 Å². The topological polar surface area (TPSA) is 129 Å². The van der Waals surface area contributed by atoms with Crippen LogP contribution in [0.1, 0.15) is 15.9 Å². The number of nitrogens with one attached hydrogen (secondary N) is 1. The molecule has 18 heavy (non-hydrogen) atoms. The van der Waals surface area contributed by atoms with E-state index in [1.807, 2.05) is 6.07 Å². The first-order valence-corrected chi connectivity index (χ1v) is 4.93. The minimum atomic E-state index is -0.710. The molecule has 0 fully saturated rings. The van der Waals surface area contributed by atoms with E-state index in [-0.39, 0.29) is 11.4 Å². The van der Waals surface area contributed by atoms with Crippen molar-refractivity contribution in [1.29, 1.82) is 5.26 Å². The van der Waals surface area contributed by atoms with E-state index in [1.54, 1.807) is 18.2 Å². The number of H-pyrrole nitrogens is 1. The summed E-state index contributed by atoms with van der Waals surface area (Å²) >= 11 is 0. The Morgan fingerprint density at radius 2 is 2.22 bits per heavy atom. The molecule has 2 rings (SSSR count). The van der Waals surface area contributed by atoms with E-state index in [1.165, 1.54) is 0 Å². The van der Waals surface area contributed by atoms with Gasteiger partial charge in [0.2, 0.25) is 6.41 Å². The van der Waals surface area contributed by atoms with Crippen molar-refractivity contribution < 1.29 is 9.59 Å². The molecule has 0 atom stereocenters. The number of rotatable bonds is 3. The molecule has 0 saturated heterocycles. The summed E-state index contributed by atoms with van der Waals surface area (Å²) in [5.41, 5.74) is 6.31. The highest BCUT2D eigenvalue weighted by Crippen LogP contribution is 2.27. The summed E-state index contributed by atoms with van der Waals surface area (Å²) in [4.78, 5) is 24.9. The van der Waals surface area contributed by atoms with Gasteiger partial charge in [0.25, 0.3) is 5.91 Å². The highest BCUT2D eigenvalue weighted by molar-refractivity contribution is 6.12. The van der Waals surface area contributed by atoms with Crippen LogP contribution in [0.3, 0.4) is 0 Å². The number of carbonyl (C=O) groups is 2. The second kappa shape index (κ2) is 4.20. The smallest absolute Gasteiger partial charge is 0.253 e. The van der Waals surface area contributed by atoms with Crippen molar-refractivity contribution in [2.24, 2.45) is 11.6 Å². The van der Waals surface area contributed by atoms with Gasteiger partial charge in [-0.1, -0.05) is 6.07 Å². The molecular formula is C11H9N5O2. The van der Waals surface area contributed by atoms with E-state index in [4.69, 9.17) is 16.8 Å². The normalized spacial score (nSPS) is 10.0. The lowest BCUT2D eigenvalue weighted by Crippen LogP contribution is -2.31. The van der Waals surface area contributed by atoms with Gasteiger partial charge in [-0.05, 0) is 12.1 Å². The van der Waals surface area contributed by atoms with Gasteiger partial charge >= 0.3 is 0 Å². The van der Waals surface area contributed by atoms with Crippen LogP contribution in [0, 0.1) is 11.3 Å². The lowest BCUT2D eigenvalue weighted by molar-refractivity contribution is -0.107. The number of aromatic amines is 1. The standard InChI is InChI=1S/C11H9N5O2/c12-4-6-1-2-7-8(3-6)15-11(16(14)5-17)9(7)10(13)18/h1-3,5,15H,14H2,(H2,13,18). The fraction of sp³-hybridized carbons (Fsp3) is 0. The Labute approximate surface area is 102 Å². The first-order valence-electron chi connectivity index (χ1n) is 4.93. The van der Waals surface area contributed by atoms with Gasteiger partial charge in [-0.3, -0.25) is 9.59 Å². The highest BCUT2D eigenvalue weighted by atomic mass is 16.1. The highest BCUT2D eigenvalue weighted by Gasteiger charge is 2.19. The van der Waals surface area contributed by atoms with E-state index in [0.29, 0.717) is 22.9 Å². The predicted molar refractivity (Wildman–Crippen MR) is 64.3 cm³/mol. The molecule has 0 bridgehead atoms. The van der Waals surface area contributed by atoms with E-state index in [9.17, 15) is 9.59 Å². The number of aromatic nitrogens is 1. The summed E-state index contributed by atoms with van der Waals surface area (Å²) in [6, 6.07) is 6.64. The van der Waals surface area contributed by atoms with Gasteiger partial charge in [-0.2, -0.15) is 5.26 Å². The molecule has 0 aliphatic heterocycles. The van der Waals surface area contributed by atoms with E-state index >= 15 is 0 Å². The number of nitrogens with two attached hydrogens (primary N) is 2. The average Bonchev–Trinajstić information content (AvgIpc) is 2.75. The summed E-state index contributed by atoms with van der Waals surface area (Å²) in [6.45, 7) is 0. The van der Waals surface area contributed by atoms with Crippen molar-refractivity contribution in [2.75, 3.05) is 5.01 Å². The second-order valence-electron chi connectivity index (χ2n) is 3.60. The minimum Gasteiger partial charge on any atom is -0.365 e. The quantitative estimate of drug-likeness (QED) is 0.302. The fourth-order valence-electron chi connectivity index (χ4n) is 1.75. The monoisotopic (exact) mass is 243 g/mol. The zero-order valence-electron chi connectivity index (χ0n) is 9.18. The minimum absolute atomic E-state index is 0.0996. The van der Waals surface area contributed by atoms with Gasteiger partial charge in [-0.25, -0.2) is 10.9 Å². The zero-order chi connectivity index (χ0) is 13.3. The number of hydrogen-bond donors (Lipinski definition) is 3. The molecule has 90 valence electrons. The van der Waals surface area contributed by atoms with Crippen LogP contribution in [0.5, 0.6) is 0 Å². The van der Waals surface area contributed by atoms with Crippen molar-refractivity contribution in [3.63, 3.8) is 0 Å². The molecule has 1 aromatic carbocycles. The summed E-state index contributed by atoms with van der Waals surface area (Å²) < 4.78 is 0. The molecule has 5 N–H and O–H groups in total. The maximum Gasteiger partial charge on any atom is 0.253 e. The number of benzene rings is 1. The Morgan fingerprint density at radius 1 is 1.50 bits per heavy atom. The molecule has 0 aliphatic carbocycles. The number of nitriles is 1. The summed E-state index contributed by atoms with van der Waals surface area (Å²) in [7, 11) is 0. The van der Waals surface area contributed by atoms with Gasteiger partial charge in [0.1, 0.15) is 5.82 Å². The third-order valence-electron chi connectivity index (χ3n) is 2.53. The third-order valence-corrected chi connectivity index (χ3v) is 2.53. The zero-order valence-corrected chi connectivity index (χ0v) is 9.18. The molecule has 0 spiro atoms. The number of primary amides is 1. The van der Waals surface area contributed by atoms with Crippen molar-refractivity contribution in [3.05, 3.63) is 29.3 Å². The van der Waals surface area contributed by atoms with Gasteiger partial charge in [-0.15, -0.1) is 0 Å². The van der Waals surface area contributed by atoms with Crippen molar-refractivity contribution >= 4 is 29.0 Å². The molecule has 7 nitrogen and oxygen atoms in total. The Bertz CT molecular complexity index is 683. The largest absolute Gasteiger partial charge is 0.365 e. The van der Waals surface area contributed by atoms with Gasteiger partial charge in [0.05, 0.1) is 17.2 Å². The molecule has 2 amide bonds. The third kappa shape index (κ3) is 1.66. The molecule has 1 aromatic heterocycles. The average molecular weight is 243 g/mol. The molecular weight excluding hydrogens is 234 g/mol. The van der Waals surface area contributed by atoms with E-state index in [2.05, 4.69) is 4.98 Å². The molecule has 0 saturated carbocycles. The van der Waals surface area contributed by atoms with E-state index < -0.39 is 5.91 Å². The number of carbonyl (C=O) groups excluding carboxylic acids is 2. The summed E-state index contributed by atoms with van der Waals surface area (Å²) in [5, 5.41) is 10.0. The number of anilines is 1. The Hall–Kier alpha value is -2.85. The van der Waals surface area contributed by atoms with Crippen LogP contribution in [0.4, 0.5) is 5.82 Å². The molecule has 0 aliphatic rings. The van der Waals surface area contributed by atoms with Crippen molar-refractivity contribution in [2.45, 2.75) is 0 Å². The van der Waals surface area contributed by atoms with Crippen LogP contribution in [-0.4, -0.2) is 17.3 Å². The maximum atomic E-state index is 11.4. The first kappa shape index (κ1) is 11.6. The lowest BCUT2D eigenvalue weighted by atomic mass is 10.1. The first-order chi connectivity index (χ1) is 8.58. The van der Waals surface area contributed by atoms with E-state index in [0.717, 1.165) is 5.01 Å². The Morgan fingerprint density at radius 3 is 2.78 bits per heavy atom. The van der Waals surface area contributed by atoms with Crippen LogP contribution in [0.2, 0.25) is 0 Å². The van der Waals surface area contributed by atoms with Crippen molar-refractivity contribution in [1.82, 2.24) is 4.98 Å². The number of amides is 2. The summed E-state index contributed by atoms with van der Waals surface area (Å²) in [6.07, 6.45) is 0.350. The summed E-state index contributed by atoms with van der Waals surface area (Å²) in [5.74, 6) is 4.82. The number of fused-ring (bicyclic) bond motifs is 1. The Kier molecular flexibility index (Phi) is 2.71. The molecule has 1 heterocycles. The number of hydrogen-bond acceptors (Lipinski definition) is 4. The van der Waals surface area contributed by atoms with Crippen LogP contribution in [0.15, 0.2) is 18.2 Å². The molecule has 0 unspecified atom stereocenters. The van der Waals surface area contributed by atoms with Crippen LogP contribution >= 0.6 is 0 Å². The molecule has 2 aromatic rings. The number of nitrogens with zero attached hydrogens (tertiary/aromatic N) is 2. The van der Waals surface area contributed by atoms with Crippen LogP contribution in [-0.2, 0) is 4.79 Å². The van der Waals surface area contributed by atoms with Gasteiger partial charge in [0, 0.05) is 10.9 Å². The Balaban J connectivity index is 2.79. The lowest BCUT2D eigenvalue weighted by Gasteiger charge is -2.08. The predicted octanol–water partition coefficient (Wildman–Crippen LogP) is -0.0250. The maximum absolute atomic E-state index is 11.4. The molecule has 0 radical (unpaired) electrons. The van der Waals surface area contributed by atoms with Gasteiger partial charge in [0.15, 0.2) is 0 Å². The molecule has 7 heteroatoms. The fourth-order valence-corrected chi connectivity index (χ4v) is 1.75.